The van der Waals surface area contributed by atoms with Crippen molar-refractivity contribution in [2.45, 2.75) is 38.2 Å². The van der Waals surface area contributed by atoms with Crippen molar-refractivity contribution in [3.8, 4) is 0 Å². The Bertz CT molecular complexity index is 282. The molecule has 0 aromatic carbocycles. The van der Waals surface area contributed by atoms with E-state index in [0.29, 0.717) is 0 Å². The van der Waals surface area contributed by atoms with Gasteiger partial charge in [-0.05, 0) is 6.42 Å². The van der Waals surface area contributed by atoms with Gasteiger partial charge in [0.25, 0.3) is 5.60 Å². The highest BCUT2D eigenvalue weighted by Gasteiger charge is 2.71. The second-order valence-electron chi connectivity index (χ2n) is 3.77. The summed E-state index contributed by atoms with van der Waals surface area (Å²) in [6.45, 7) is 0.581. The van der Waals surface area contributed by atoms with Crippen molar-refractivity contribution in [3.05, 3.63) is 0 Å². The number of esters is 1. The number of carbonyl (C=O) groups excluding carboxylic acids is 1. The lowest BCUT2D eigenvalue weighted by molar-refractivity contribution is -0.375. The van der Waals surface area contributed by atoms with Crippen LogP contribution in [0.2, 0.25) is 0 Å². The first-order chi connectivity index (χ1) is 7.87. The maximum Gasteiger partial charge on any atom is 0.429 e. The first kappa shape index (κ1) is 17.0. The molecular formula is C9H12F6O3. The van der Waals surface area contributed by atoms with Crippen LogP contribution in [0.4, 0.5) is 26.3 Å². The van der Waals surface area contributed by atoms with E-state index in [-0.39, 0.29) is 6.42 Å². The molecule has 0 aliphatic carbocycles. The van der Waals surface area contributed by atoms with Crippen molar-refractivity contribution in [3.63, 3.8) is 0 Å². The lowest BCUT2D eigenvalue weighted by atomic mass is 10.0. The number of rotatable bonds is 4. The molecule has 0 bridgehead atoms. The Labute approximate surface area is 98.7 Å². The number of hydrogen-bond acceptors (Lipinski definition) is 3. The van der Waals surface area contributed by atoms with Crippen LogP contribution in [-0.2, 0) is 9.53 Å². The van der Waals surface area contributed by atoms with Crippen LogP contribution in [0.5, 0.6) is 0 Å². The summed E-state index contributed by atoms with van der Waals surface area (Å²) in [7, 11) is 0. The van der Waals surface area contributed by atoms with Gasteiger partial charge in [0.2, 0.25) is 0 Å². The van der Waals surface area contributed by atoms with Gasteiger partial charge in [-0.15, -0.1) is 0 Å². The van der Waals surface area contributed by atoms with Crippen LogP contribution < -0.4 is 0 Å². The van der Waals surface area contributed by atoms with E-state index in [0.717, 1.165) is 0 Å². The molecule has 1 N–H and O–H groups in total. The maximum atomic E-state index is 12.2. The smallest absolute Gasteiger partial charge is 0.429 e. The van der Waals surface area contributed by atoms with Crippen molar-refractivity contribution in [2.75, 3.05) is 6.61 Å². The first-order valence-electron chi connectivity index (χ1n) is 4.89. The fourth-order valence-corrected chi connectivity index (χ4v) is 0.809. The second kappa shape index (κ2) is 5.33. The second-order valence-corrected chi connectivity index (χ2v) is 3.77. The number of aliphatic hydroxyl groups is 1. The highest BCUT2D eigenvalue weighted by Crippen LogP contribution is 2.43. The average molecular weight is 282 g/mol. The Morgan fingerprint density at radius 1 is 1.17 bits per heavy atom. The molecule has 18 heavy (non-hydrogen) atoms. The van der Waals surface area contributed by atoms with Crippen LogP contribution in [0.3, 0.4) is 0 Å². The minimum absolute atomic E-state index is 0.190. The number of halogens is 6. The lowest BCUT2D eigenvalue weighted by Gasteiger charge is -2.31. The van der Waals surface area contributed by atoms with Gasteiger partial charge in [0, 0.05) is 0 Å². The first-order valence-corrected chi connectivity index (χ1v) is 4.89. The Hall–Kier alpha value is -0.990. The molecule has 0 saturated carbocycles. The van der Waals surface area contributed by atoms with Crippen LogP contribution in [0.25, 0.3) is 0 Å². The van der Waals surface area contributed by atoms with Gasteiger partial charge < -0.3 is 9.84 Å². The molecule has 0 aliphatic heterocycles. The van der Waals surface area contributed by atoms with Gasteiger partial charge in [0.15, 0.2) is 0 Å². The summed E-state index contributed by atoms with van der Waals surface area (Å²) in [5, 5.41) is 8.66. The predicted octanol–water partition coefficient (Wildman–Crippen LogP) is 2.43. The van der Waals surface area contributed by atoms with E-state index in [1.807, 2.05) is 0 Å². The molecule has 0 spiro atoms. The standard InChI is InChI=1S/C9H12F6O3/c1-3-5(2)6(16)18-4-7(17,8(10,11)12)9(13,14)15/h5,17H,3-4H2,1-2H3/t5-/m0/s1. The van der Waals surface area contributed by atoms with Crippen molar-refractivity contribution in [2.24, 2.45) is 5.92 Å². The lowest BCUT2D eigenvalue weighted by Crippen LogP contribution is -2.60. The molecule has 1 atom stereocenters. The summed E-state index contributed by atoms with van der Waals surface area (Å²) in [6.07, 6.45) is -11.8. The molecule has 3 nitrogen and oxygen atoms in total. The highest BCUT2D eigenvalue weighted by atomic mass is 19.4. The summed E-state index contributed by atoms with van der Waals surface area (Å²) >= 11 is 0. The molecular weight excluding hydrogens is 270 g/mol. The van der Waals surface area contributed by atoms with E-state index in [1.165, 1.54) is 13.8 Å². The summed E-state index contributed by atoms with van der Waals surface area (Å²) < 4.78 is 76.9. The zero-order valence-electron chi connectivity index (χ0n) is 9.52. The van der Waals surface area contributed by atoms with E-state index < -0.39 is 36.4 Å². The van der Waals surface area contributed by atoms with E-state index in [4.69, 9.17) is 5.11 Å². The molecule has 0 amide bonds. The van der Waals surface area contributed by atoms with Gasteiger partial charge in [0.05, 0.1) is 5.92 Å². The van der Waals surface area contributed by atoms with Gasteiger partial charge in [-0.25, -0.2) is 0 Å². The molecule has 0 radical (unpaired) electrons. The summed E-state index contributed by atoms with van der Waals surface area (Å²) in [5.41, 5.74) is -5.05. The van der Waals surface area contributed by atoms with Gasteiger partial charge in [-0.3, -0.25) is 4.79 Å². The molecule has 9 heteroatoms. The zero-order chi connectivity index (χ0) is 14.8. The van der Waals surface area contributed by atoms with E-state index >= 15 is 0 Å². The molecule has 0 rings (SSSR count). The van der Waals surface area contributed by atoms with E-state index in [1.54, 1.807) is 0 Å². The molecule has 0 aromatic heterocycles. The quantitative estimate of drug-likeness (QED) is 0.636. The summed E-state index contributed by atoms with van der Waals surface area (Å²) in [6, 6.07) is 0. The summed E-state index contributed by atoms with van der Waals surface area (Å²) in [5.74, 6) is -2.08. The van der Waals surface area contributed by atoms with E-state index in [9.17, 15) is 31.1 Å². The third-order valence-electron chi connectivity index (χ3n) is 2.38. The Balaban J connectivity index is 4.92. The fourth-order valence-electron chi connectivity index (χ4n) is 0.809. The van der Waals surface area contributed by atoms with Gasteiger partial charge in [-0.2, -0.15) is 26.3 Å². The number of alkyl halides is 6. The largest absolute Gasteiger partial charge is 0.462 e. The molecule has 0 unspecified atom stereocenters. The molecule has 0 saturated heterocycles. The summed E-state index contributed by atoms with van der Waals surface area (Å²) in [4.78, 5) is 11.0. The zero-order valence-corrected chi connectivity index (χ0v) is 9.52. The van der Waals surface area contributed by atoms with Crippen molar-refractivity contribution in [1.29, 1.82) is 0 Å². The molecule has 0 aromatic rings. The maximum absolute atomic E-state index is 12.2. The Morgan fingerprint density at radius 3 is 1.83 bits per heavy atom. The van der Waals surface area contributed by atoms with Crippen LogP contribution in [0.15, 0.2) is 0 Å². The third kappa shape index (κ3) is 3.50. The minimum Gasteiger partial charge on any atom is -0.462 e. The van der Waals surface area contributed by atoms with E-state index in [2.05, 4.69) is 4.74 Å². The molecule has 108 valence electrons. The molecule has 0 heterocycles. The van der Waals surface area contributed by atoms with Gasteiger partial charge in [-0.1, -0.05) is 13.8 Å². The average Bonchev–Trinajstić information content (AvgIpc) is 2.20. The highest BCUT2D eigenvalue weighted by molar-refractivity contribution is 5.71. The van der Waals surface area contributed by atoms with Crippen molar-refractivity contribution < 1.29 is 41.0 Å². The number of hydrogen-bond donors (Lipinski definition) is 1. The minimum atomic E-state index is -5.99. The van der Waals surface area contributed by atoms with Crippen LogP contribution in [-0.4, -0.2) is 35.6 Å². The normalized spacial score (nSPS) is 15.4. The van der Waals surface area contributed by atoms with Crippen LogP contribution in [0, 0.1) is 5.92 Å². The van der Waals surface area contributed by atoms with Gasteiger partial charge >= 0.3 is 18.3 Å². The fraction of sp³-hybridized carbons (Fsp3) is 0.889. The Kier molecular flexibility index (Phi) is 5.04. The predicted molar refractivity (Wildman–Crippen MR) is 47.5 cm³/mol. The third-order valence-corrected chi connectivity index (χ3v) is 2.38. The van der Waals surface area contributed by atoms with Crippen LogP contribution in [0.1, 0.15) is 20.3 Å². The van der Waals surface area contributed by atoms with Crippen molar-refractivity contribution in [1.82, 2.24) is 0 Å². The monoisotopic (exact) mass is 282 g/mol. The number of carbonyl (C=O) groups is 1. The number of ether oxygens (including phenoxy) is 1. The topological polar surface area (TPSA) is 46.5 Å². The SMILES string of the molecule is CC[C@H](C)C(=O)OCC(O)(C(F)(F)F)C(F)(F)F. The van der Waals surface area contributed by atoms with Gasteiger partial charge in [0.1, 0.15) is 6.61 Å². The van der Waals surface area contributed by atoms with Crippen molar-refractivity contribution >= 4 is 5.97 Å². The molecule has 0 fully saturated rings. The Morgan fingerprint density at radius 2 is 1.56 bits per heavy atom. The van der Waals surface area contributed by atoms with Crippen LogP contribution >= 0.6 is 0 Å². The molecule has 0 aliphatic rings.